The molecule has 0 saturated carbocycles. The predicted octanol–water partition coefficient (Wildman–Crippen LogP) is 2.10. The van der Waals surface area contributed by atoms with E-state index in [1.165, 1.54) is 6.20 Å². The van der Waals surface area contributed by atoms with Gasteiger partial charge in [0.25, 0.3) is 0 Å². The summed E-state index contributed by atoms with van der Waals surface area (Å²) in [5, 5.41) is 2.63. The van der Waals surface area contributed by atoms with E-state index < -0.39 is 15.9 Å². The molecule has 0 aliphatic rings. The molecular weight excluding hydrogens is 314 g/mol. The van der Waals surface area contributed by atoms with Crippen LogP contribution in [-0.4, -0.2) is 32.1 Å². The molecule has 23 heavy (non-hydrogen) atoms. The Bertz CT molecular complexity index is 805. The van der Waals surface area contributed by atoms with Gasteiger partial charge >= 0.3 is 0 Å². The van der Waals surface area contributed by atoms with Crippen LogP contribution in [0, 0.1) is 13.8 Å². The van der Waals surface area contributed by atoms with Crippen LogP contribution in [0.15, 0.2) is 42.7 Å². The molecule has 1 aromatic heterocycles. The molecule has 0 bridgehead atoms. The van der Waals surface area contributed by atoms with E-state index in [0.29, 0.717) is 11.4 Å². The molecule has 1 amide bonds. The summed E-state index contributed by atoms with van der Waals surface area (Å²) in [4.78, 5) is 16.0. The Morgan fingerprint density at radius 1 is 1.22 bits per heavy atom. The molecule has 0 atom stereocenters. The SMILES string of the molecule is Cc1ccc(N(CC(=O)Nc2cccnc2)S(C)(=O)=O)cc1C. The highest BCUT2D eigenvalue weighted by atomic mass is 32.2. The van der Waals surface area contributed by atoms with Crippen molar-refractivity contribution in [2.75, 3.05) is 22.4 Å². The second-order valence-electron chi connectivity index (χ2n) is 5.33. The Morgan fingerprint density at radius 2 is 1.96 bits per heavy atom. The number of benzene rings is 1. The van der Waals surface area contributed by atoms with Crippen LogP contribution in [-0.2, 0) is 14.8 Å². The van der Waals surface area contributed by atoms with Crippen molar-refractivity contribution >= 4 is 27.3 Å². The van der Waals surface area contributed by atoms with Crippen molar-refractivity contribution in [2.24, 2.45) is 0 Å². The van der Waals surface area contributed by atoms with E-state index in [0.717, 1.165) is 21.7 Å². The molecule has 6 nitrogen and oxygen atoms in total. The van der Waals surface area contributed by atoms with Gasteiger partial charge in [-0.05, 0) is 49.2 Å². The van der Waals surface area contributed by atoms with Crippen LogP contribution >= 0.6 is 0 Å². The molecule has 2 rings (SSSR count). The van der Waals surface area contributed by atoms with Gasteiger partial charge in [0, 0.05) is 6.20 Å². The summed E-state index contributed by atoms with van der Waals surface area (Å²) in [6.07, 6.45) is 4.17. The second kappa shape index (κ2) is 6.78. The number of aromatic nitrogens is 1. The van der Waals surface area contributed by atoms with Crippen molar-refractivity contribution in [3.05, 3.63) is 53.9 Å². The fourth-order valence-electron chi connectivity index (χ4n) is 2.05. The molecule has 1 aromatic carbocycles. The zero-order chi connectivity index (χ0) is 17.0. The number of carbonyl (C=O) groups excluding carboxylic acids is 1. The van der Waals surface area contributed by atoms with Gasteiger partial charge in [-0.25, -0.2) is 8.42 Å². The first-order valence-electron chi connectivity index (χ1n) is 7.02. The van der Waals surface area contributed by atoms with E-state index in [9.17, 15) is 13.2 Å². The highest BCUT2D eigenvalue weighted by Gasteiger charge is 2.21. The number of anilines is 2. The summed E-state index contributed by atoms with van der Waals surface area (Å²) in [5.41, 5.74) is 3.01. The smallest absolute Gasteiger partial charge is 0.245 e. The molecule has 0 aliphatic heterocycles. The predicted molar refractivity (Wildman–Crippen MR) is 91.0 cm³/mol. The Hall–Kier alpha value is -2.41. The van der Waals surface area contributed by atoms with Gasteiger partial charge < -0.3 is 5.32 Å². The zero-order valence-electron chi connectivity index (χ0n) is 13.3. The number of nitrogens with zero attached hydrogens (tertiary/aromatic N) is 2. The molecule has 0 fully saturated rings. The van der Waals surface area contributed by atoms with Crippen molar-refractivity contribution in [2.45, 2.75) is 13.8 Å². The maximum Gasteiger partial charge on any atom is 0.245 e. The molecule has 0 unspecified atom stereocenters. The van der Waals surface area contributed by atoms with Crippen molar-refractivity contribution in [3.63, 3.8) is 0 Å². The van der Waals surface area contributed by atoms with Gasteiger partial charge in [-0.1, -0.05) is 6.07 Å². The Balaban J connectivity index is 2.23. The third-order valence-electron chi connectivity index (χ3n) is 3.41. The summed E-state index contributed by atoms with van der Waals surface area (Å²) in [7, 11) is -3.58. The van der Waals surface area contributed by atoms with Gasteiger partial charge in [-0.3, -0.25) is 14.1 Å². The average Bonchev–Trinajstić information content (AvgIpc) is 2.48. The average molecular weight is 333 g/mol. The molecule has 0 spiro atoms. The number of pyridine rings is 1. The summed E-state index contributed by atoms with van der Waals surface area (Å²) in [5.74, 6) is -0.429. The van der Waals surface area contributed by atoms with Gasteiger partial charge in [-0.2, -0.15) is 0 Å². The van der Waals surface area contributed by atoms with Gasteiger partial charge in [0.15, 0.2) is 0 Å². The zero-order valence-corrected chi connectivity index (χ0v) is 14.1. The topological polar surface area (TPSA) is 79.4 Å². The highest BCUT2D eigenvalue weighted by Crippen LogP contribution is 2.21. The van der Waals surface area contributed by atoms with Crippen molar-refractivity contribution in [3.8, 4) is 0 Å². The van der Waals surface area contributed by atoms with Gasteiger partial charge in [0.05, 0.1) is 23.8 Å². The van der Waals surface area contributed by atoms with E-state index >= 15 is 0 Å². The lowest BCUT2D eigenvalue weighted by Gasteiger charge is -2.22. The molecule has 7 heteroatoms. The van der Waals surface area contributed by atoms with Gasteiger partial charge in [0.1, 0.15) is 6.54 Å². The molecule has 0 radical (unpaired) electrons. The summed E-state index contributed by atoms with van der Waals surface area (Å²) < 4.78 is 25.2. The van der Waals surface area contributed by atoms with E-state index in [-0.39, 0.29) is 6.54 Å². The van der Waals surface area contributed by atoms with E-state index in [1.54, 1.807) is 30.5 Å². The molecule has 2 aromatic rings. The number of sulfonamides is 1. The van der Waals surface area contributed by atoms with Crippen LogP contribution in [0.25, 0.3) is 0 Å². The van der Waals surface area contributed by atoms with Crippen molar-refractivity contribution in [1.82, 2.24) is 4.98 Å². The normalized spacial score (nSPS) is 11.1. The Morgan fingerprint density at radius 3 is 2.52 bits per heavy atom. The maximum absolute atomic E-state index is 12.1. The quantitative estimate of drug-likeness (QED) is 0.909. The molecule has 0 aliphatic carbocycles. The Labute approximate surface area is 136 Å². The van der Waals surface area contributed by atoms with Crippen LogP contribution in [0.3, 0.4) is 0 Å². The van der Waals surface area contributed by atoms with Crippen LogP contribution in [0.4, 0.5) is 11.4 Å². The first kappa shape index (κ1) is 17.0. The monoisotopic (exact) mass is 333 g/mol. The standard InChI is InChI=1S/C16H19N3O3S/c1-12-6-7-15(9-13(12)2)19(23(3,21)22)11-16(20)18-14-5-4-8-17-10-14/h4-10H,11H2,1-3H3,(H,18,20). The number of aryl methyl sites for hydroxylation is 2. The number of nitrogens with one attached hydrogen (secondary N) is 1. The summed E-state index contributed by atoms with van der Waals surface area (Å²) >= 11 is 0. The molecule has 122 valence electrons. The largest absolute Gasteiger partial charge is 0.323 e. The Kier molecular flexibility index (Phi) is 5.00. The van der Waals surface area contributed by atoms with Crippen LogP contribution in [0.2, 0.25) is 0 Å². The van der Waals surface area contributed by atoms with Crippen LogP contribution in [0.1, 0.15) is 11.1 Å². The second-order valence-corrected chi connectivity index (χ2v) is 7.23. The van der Waals surface area contributed by atoms with E-state index in [2.05, 4.69) is 10.3 Å². The van der Waals surface area contributed by atoms with E-state index in [1.807, 2.05) is 19.9 Å². The summed E-state index contributed by atoms with van der Waals surface area (Å²) in [6.45, 7) is 3.55. The van der Waals surface area contributed by atoms with Gasteiger partial charge in [0.2, 0.25) is 15.9 Å². The summed E-state index contributed by atoms with van der Waals surface area (Å²) in [6, 6.07) is 8.66. The molecule has 1 heterocycles. The number of rotatable bonds is 5. The van der Waals surface area contributed by atoms with Gasteiger partial charge in [-0.15, -0.1) is 0 Å². The lowest BCUT2D eigenvalue weighted by molar-refractivity contribution is -0.114. The number of amides is 1. The van der Waals surface area contributed by atoms with E-state index in [4.69, 9.17) is 0 Å². The highest BCUT2D eigenvalue weighted by molar-refractivity contribution is 7.92. The molecule has 1 N–H and O–H groups in total. The third kappa shape index (κ3) is 4.53. The fraction of sp³-hybridized carbons (Fsp3) is 0.250. The third-order valence-corrected chi connectivity index (χ3v) is 4.55. The number of carbonyl (C=O) groups is 1. The molecular formula is C16H19N3O3S. The molecule has 0 saturated heterocycles. The number of hydrogen-bond donors (Lipinski definition) is 1. The first-order chi connectivity index (χ1) is 10.8. The lowest BCUT2D eigenvalue weighted by atomic mass is 10.1. The first-order valence-corrected chi connectivity index (χ1v) is 8.87. The fourth-order valence-corrected chi connectivity index (χ4v) is 2.90. The minimum absolute atomic E-state index is 0.295. The number of hydrogen-bond acceptors (Lipinski definition) is 4. The van der Waals surface area contributed by atoms with Crippen LogP contribution in [0.5, 0.6) is 0 Å². The maximum atomic E-state index is 12.1. The lowest BCUT2D eigenvalue weighted by Crippen LogP contribution is -2.37. The van der Waals surface area contributed by atoms with Crippen LogP contribution < -0.4 is 9.62 Å². The minimum Gasteiger partial charge on any atom is -0.323 e. The van der Waals surface area contributed by atoms with Crippen molar-refractivity contribution < 1.29 is 13.2 Å². The van der Waals surface area contributed by atoms with Crippen molar-refractivity contribution in [1.29, 1.82) is 0 Å². The minimum atomic E-state index is -3.58.